The fraction of sp³-hybridized carbons (Fsp3) is 0.286. The van der Waals surface area contributed by atoms with Crippen molar-refractivity contribution in [2.45, 2.75) is 50.7 Å². The molecule has 7 nitrogen and oxygen atoms in total. The van der Waals surface area contributed by atoms with E-state index in [1.165, 1.54) is 35.2 Å². The van der Waals surface area contributed by atoms with Gasteiger partial charge in [-0.1, -0.05) is 65.1 Å². The van der Waals surface area contributed by atoms with Gasteiger partial charge in [0.15, 0.2) is 0 Å². The zero-order chi connectivity index (χ0) is 29.0. The van der Waals surface area contributed by atoms with Crippen molar-refractivity contribution in [1.29, 1.82) is 0 Å². The van der Waals surface area contributed by atoms with Crippen LogP contribution in [0, 0.1) is 0 Å². The highest BCUT2D eigenvalue weighted by molar-refractivity contribution is 7.92. The van der Waals surface area contributed by atoms with E-state index < -0.39 is 34.1 Å². The summed E-state index contributed by atoms with van der Waals surface area (Å²) < 4.78 is 28.5. The summed E-state index contributed by atoms with van der Waals surface area (Å²) in [6, 6.07) is 18.0. The van der Waals surface area contributed by atoms with Crippen LogP contribution < -0.4 is 9.62 Å². The molecule has 0 bridgehead atoms. The van der Waals surface area contributed by atoms with Gasteiger partial charge in [-0.05, 0) is 75.7 Å². The molecule has 0 saturated heterocycles. The summed E-state index contributed by atoms with van der Waals surface area (Å²) in [5.74, 6) is -0.969. The monoisotopic (exact) mass is 609 g/mol. The lowest BCUT2D eigenvalue weighted by atomic mass is 10.1. The standard InChI is InChI=1S/C28H30Cl3N3O4S/c1-19(27(36)32-28(2,3)4)33(17-20-10-12-21(29)13-11-20)26(35)18-34(22-14-15-24(30)25(31)16-22)39(37,38)23-8-6-5-7-9-23/h5-16,19H,17-18H2,1-4H3,(H,32,36)/t19-/m1/s1. The Labute approximate surface area is 244 Å². The maximum Gasteiger partial charge on any atom is 0.264 e. The number of hydrogen-bond donors (Lipinski definition) is 1. The average Bonchev–Trinajstić information content (AvgIpc) is 2.87. The zero-order valence-corrected chi connectivity index (χ0v) is 25.1. The molecular formula is C28H30Cl3N3O4S. The Morgan fingerprint density at radius 1 is 0.897 bits per heavy atom. The summed E-state index contributed by atoms with van der Waals surface area (Å²) in [4.78, 5) is 28.3. The highest BCUT2D eigenvalue weighted by Gasteiger charge is 2.33. The van der Waals surface area contributed by atoms with Crippen LogP contribution in [0.25, 0.3) is 0 Å². The molecule has 3 aromatic rings. The maximum atomic E-state index is 13.9. The Bertz CT molecular complexity index is 1430. The average molecular weight is 611 g/mol. The number of nitrogens with zero attached hydrogens (tertiary/aromatic N) is 2. The van der Waals surface area contributed by atoms with E-state index in [0.717, 1.165) is 9.87 Å². The molecule has 11 heteroatoms. The van der Waals surface area contributed by atoms with Gasteiger partial charge in [0.1, 0.15) is 12.6 Å². The first-order chi connectivity index (χ1) is 18.2. The third-order valence-electron chi connectivity index (χ3n) is 5.73. The van der Waals surface area contributed by atoms with Crippen LogP contribution in [-0.2, 0) is 26.2 Å². The Kier molecular flexibility index (Phi) is 9.93. The predicted molar refractivity (Wildman–Crippen MR) is 157 cm³/mol. The van der Waals surface area contributed by atoms with Crippen LogP contribution in [0.5, 0.6) is 0 Å². The molecule has 2 amide bonds. The van der Waals surface area contributed by atoms with Crippen molar-refractivity contribution in [3.05, 3.63) is 93.4 Å². The minimum absolute atomic E-state index is 0.00773. The predicted octanol–water partition coefficient (Wildman–Crippen LogP) is 6.17. The number of benzene rings is 3. The Morgan fingerprint density at radius 3 is 2.08 bits per heavy atom. The Hall–Kier alpha value is -2.78. The highest BCUT2D eigenvalue weighted by atomic mass is 35.5. The molecule has 0 aliphatic rings. The molecule has 1 atom stereocenters. The molecule has 3 rings (SSSR count). The van der Waals surface area contributed by atoms with E-state index >= 15 is 0 Å². The molecular weight excluding hydrogens is 581 g/mol. The number of nitrogens with one attached hydrogen (secondary N) is 1. The smallest absolute Gasteiger partial charge is 0.264 e. The van der Waals surface area contributed by atoms with Crippen LogP contribution in [0.4, 0.5) is 5.69 Å². The highest BCUT2D eigenvalue weighted by Crippen LogP contribution is 2.31. The van der Waals surface area contributed by atoms with E-state index in [2.05, 4.69) is 5.32 Å². The molecule has 208 valence electrons. The number of rotatable bonds is 9. The summed E-state index contributed by atoms with van der Waals surface area (Å²) in [7, 11) is -4.20. The maximum absolute atomic E-state index is 13.9. The van der Waals surface area contributed by atoms with Crippen LogP contribution in [0.2, 0.25) is 15.1 Å². The van der Waals surface area contributed by atoms with Crippen molar-refractivity contribution in [2.24, 2.45) is 0 Å². The van der Waals surface area contributed by atoms with E-state index in [9.17, 15) is 18.0 Å². The molecule has 1 N–H and O–H groups in total. The minimum atomic E-state index is -4.20. The van der Waals surface area contributed by atoms with Gasteiger partial charge in [-0.25, -0.2) is 8.42 Å². The quantitative estimate of drug-likeness (QED) is 0.314. The third kappa shape index (κ3) is 8.11. The van der Waals surface area contributed by atoms with Crippen molar-refractivity contribution >= 4 is 62.3 Å². The first-order valence-corrected chi connectivity index (χ1v) is 14.7. The van der Waals surface area contributed by atoms with Gasteiger partial charge in [0.2, 0.25) is 11.8 Å². The number of amides is 2. The topological polar surface area (TPSA) is 86.8 Å². The molecule has 3 aromatic carbocycles. The van der Waals surface area contributed by atoms with Gasteiger partial charge in [-0.3, -0.25) is 13.9 Å². The molecule has 0 radical (unpaired) electrons. The molecule has 0 fully saturated rings. The summed E-state index contributed by atoms with van der Waals surface area (Å²) in [5.41, 5.74) is 0.332. The van der Waals surface area contributed by atoms with Crippen molar-refractivity contribution in [3.63, 3.8) is 0 Å². The molecule has 0 aliphatic carbocycles. The Morgan fingerprint density at radius 2 is 1.51 bits per heavy atom. The van der Waals surface area contributed by atoms with Gasteiger partial charge in [-0.15, -0.1) is 0 Å². The third-order valence-corrected chi connectivity index (χ3v) is 8.51. The van der Waals surface area contributed by atoms with E-state index in [1.807, 2.05) is 20.8 Å². The van der Waals surface area contributed by atoms with E-state index in [4.69, 9.17) is 34.8 Å². The molecule has 39 heavy (non-hydrogen) atoms. The largest absolute Gasteiger partial charge is 0.350 e. The lowest BCUT2D eigenvalue weighted by Crippen LogP contribution is -2.54. The summed E-state index contributed by atoms with van der Waals surface area (Å²) in [6.07, 6.45) is 0. The van der Waals surface area contributed by atoms with Crippen LogP contribution in [-0.4, -0.2) is 43.3 Å². The second-order valence-corrected chi connectivity index (χ2v) is 13.1. The number of anilines is 1. The van der Waals surface area contributed by atoms with Crippen LogP contribution in [0.15, 0.2) is 77.7 Å². The fourth-order valence-corrected chi connectivity index (χ4v) is 5.58. The molecule has 0 aliphatic heterocycles. The molecule has 0 unspecified atom stereocenters. The Balaban J connectivity index is 2.04. The molecule has 0 saturated carbocycles. The normalized spacial score (nSPS) is 12.5. The summed E-state index contributed by atoms with van der Waals surface area (Å²) >= 11 is 18.3. The van der Waals surface area contributed by atoms with Gasteiger partial charge >= 0.3 is 0 Å². The van der Waals surface area contributed by atoms with Gasteiger partial charge < -0.3 is 10.2 Å². The van der Waals surface area contributed by atoms with Crippen molar-refractivity contribution in [3.8, 4) is 0 Å². The minimum Gasteiger partial charge on any atom is -0.350 e. The van der Waals surface area contributed by atoms with Gasteiger partial charge in [0.25, 0.3) is 10.0 Å². The van der Waals surface area contributed by atoms with Crippen molar-refractivity contribution in [1.82, 2.24) is 10.2 Å². The van der Waals surface area contributed by atoms with E-state index in [0.29, 0.717) is 5.02 Å². The zero-order valence-electron chi connectivity index (χ0n) is 22.0. The second-order valence-electron chi connectivity index (χ2n) is 9.99. The number of hydrogen-bond acceptors (Lipinski definition) is 4. The van der Waals surface area contributed by atoms with E-state index in [-0.39, 0.29) is 33.1 Å². The molecule has 0 heterocycles. The van der Waals surface area contributed by atoms with Crippen LogP contribution in [0.1, 0.15) is 33.3 Å². The molecule has 0 spiro atoms. The number of halogens is 3. The van der Waals surface area contributed by atoms with Crippen molar-refractivity contribution < 1.29 is 18.0 Å². The van der Waals surface area contributed by atoms with Gasteiger partial charge in [0.05, 0.1) is 20.6 Å². The SMILES string of the molecule is C[C@H](C(=O)NC(C)(C)C)N(Cc1ccc(Cl)cc1)C(=O)CN(c1ccc(Cl)c(Cl)c1)S(=O)(=O)c1ccccc1. The molecule has 0 aromatic heterocycles. The second kappa shape index (κ2) is 12.6. The fourth-order valence-electron chi connectivity index (χ4n) is 3.73. The van der Waals surface area contributed by atoms with Gasteiger partial charge in [-0.2, -0.15) is 0 Å². The van der Waals surface area contributed by atoms with Crippen molar-refractivity contribution in [2.75, 3.05) is 10.8 Å². The first-order valence-electron chi connectivity index (χ1n) is 12.1. The lowest BCUT2D eigenvalue weighted by Gasteiger charge is -2.33. The van der Waals surface area contributed by atoms with Crippen LogP contribution in [0.3, 0.4) is 0 Å². The van der Waals surface area contributed by atoms with Gasteiger partial charge in [0, 0.05) is 17.1 Å². The van der Waals surface area contributed by atoms with E-state index in [1.54, 1.807) is 49.4 Å². The number of carbonyl (C=O) groups excluding carboxylic acids is 2. The first kappa shape index (κ1) is 30.8. The number of sulfonamides is 1. The summed E-state index contributed by atoms with van der Waals surface area (Å²) in [6.45, 7) is 6.57. The van der Waals surface area contributed by atoms with Crippen LogP contribution >= 0.6 is 34.8 Å². The summed E-state index contributed by atoms with van der Waals surface area (Å²) in [5, 5.41) is 3.78. The lowest BCUT2D eigenvalue weighted by molar-refractivity contribution is -0.140. The number of carbonyl (C=O) groups is 2.